The lowest BCUT2D eigenvalue weighted by Gasteiger charge is -2.18. The molecule has 0 saturated carbocycles. The highest BCUT2D eigenvalue weighted by atomic mass is 35.5. The zero-order valence-corrected chi connectivity index (χ0v) is 13.5. The summed E-state index contributed by atoms with van der Waals surface area (Å²) in [6.45, 7) is 0. The molecule has 1 heterocycles. The van der Waals surface area contributed by atoms with Gasteiger partial charge in [-0.25, -0.2) is 0 Å². The van der Waals surface area contributed by atoms with E-state index in [-0.39, 0.29) is 18.3 Å². The second-order valence-electron chi connectivity index (χ2n) is 5.25. The molecule has 3 rings (SSSR count). The highest BCUT2D eigenvalue weighted by Gasteiger charge is 2.40. The summed E-state index contributed by atoms with van der Waals surface area (Å²) in [5, 5.41) is 3.56. The van der Waals surface area contributed by atoms with Gasteiger partial charge in [0.1, 0.15) is 6.10 Å². The number of carbonyl (C=O) groups is 2. The zero-order valence-electron chi connectivity index (χ0n) is 12.0. The van der Waals surface area contributed by atoms with E-state index < -0.39 is 12.0 Å². The van der Waals surface area contributed by atoms with E-state index in [1.54, 1.807) is 18.2 Å². The van der Waals surface area contributed by atoms with Crippen LogP contribution < -0.4 is 5.32 Å². The Labute approximate surface area is 143 Å². The molecule has 0 bridgehead atoms. The Morgan fingerprint density at radius 2 is 1.87 bits per heavy atom. The molecule has 1 amide bonds. The van der Waals surface area contributed by atoms with Gasteiger partial charge in [-0.15, -0.1) is 0 Å². The van der Waals surface area contributed by atoms with Crippen molar-refractivity contribution >= 4 is 40.8 Å². The predicted molar refractivity (Wildman–Crippen MR) is 88.5 cm³/mol. The van der Waals surface area contributed by atoms with Crippen molar-refractivity contribution in [3.63, 3.8) is 0 Å². The van der Waals surface area contributed by atoms with Crippen LogP contribution in [0.5, 0.6) is 0 Å². The van der Waals surface area contributed by atoms with Crippen LogP contribution in [0, 0.1) is 5.92 Å². The van der Waals surface area contributed by atoms with Crippen LogP contribution in [0.25, 0.3) is 0 Å². The first-order valence-electron chi connectivity index (χ1n) is 7.05. The van der Waals surface area contributed by atoms with Gasteiger partial charge in [-0.05, 0) is 23.8 Å². The molecule has 1 aliphatic rings. The molecular formula is C17H13Cl2NO3. The van der Waals surface area contributed by atoms with Crippen LogP contribution in [-0.2, 0) is 14.3 Å². The Kier molecular flexibility index (Phi) is 4.55. The molecule has 0 aliphatic carbocycles. The highest BCUT2D eigenvalue weighted by molar-refractivity contribution is 6.36. The predicted octanol–water partition coefficient (Wildman–Crippen LogP) is 4.24. The number of hydrogen-bond acceptors (Lipinski definition) is 3. The molecule has 1 N–H and O–H groups in total. The highest BCUT2D eigenvalue weighted by Crippen LogP contribution is 2.36. The number of nitrogens with one attached hydrogen (secondary N) is 1. The molecule has 6 heteroatoms. The Morgan fingerprint density at radius 1 is 1.13 bits per heavy atom. The molecule has 23 heavy (non-hydrogen) atoms. The molecule has 118 valence electrons. The third-order valence-electron chi connectivity index (χ3n) is 3.66. The summed E-state index contributed by atoms with van der Waals surface area (Å²) in [5.74, 6) is -1.30. The average Bonchev–Trinajstić information content (AvgIpc) is 2.93. The van der Waals surface area contributed by atoms with E-state index in [4.69, 9.17) is 27.9 Å². The number of halogens is 2. The number of ether oxygens (including phenoxy) is 1. The quantitative estimate of drug-likeness (QED) is 0.843. The number of amides is 1. The fraction of sp³-hybridized carbons (Fsp3) is 0.176. The van der Waals surface area contributed by atoms with Gasteiger partial charge in [-0.3, -0.25) is 9.59 Å². The molecule has 1 fully saturated rings. The first-order chi connectivity index (χ1) is 11.0. The number of anilines is 1. The van der Waals surface area contributed by atoms with Gasteiger partial charge in [0.15, 0.2) is 0 Å². The SMILES string of the molecule is O=C1CC(C(=O)Nc2ccc(Cl)cc2Cl)C(c2ccccc2)O1. The molecule has 1 aliphatic heterocycles. The first-order valence-corrected chi connectivity index (χ1v) is 7.80. The van der Waals surface area contributed by atoms with E-state index in [2.05, 4.69) is 5.32 Å². The Bertz CT molecular complexity index is 749. The van der Waals surface area contributed by atoms with Gasteiger partial charge < -0.3 is 10.1 Å². The van der Waals surface area contributed by atoms with Crippen molar-refractivity contribution in [3.8, 4) is 0 Å². The first kappa shape index (κ1) is 15.8. The Morgan fingerprint density at radius 3 is 2.57 bits per heavy atom. The second-order valence-corrected chi connectivity index (χ2v) is 6.09. The van der Waals surface area contributed by atoms with Crippen molar-refractivity contribution in [1.29, 1.82) is 0 Å². The van der Waals surface area contributed by atoms with Crippen molar-refractivity contribution in [3.05, 3.63) is 64.1 Å². The molecule has 0 aromatic heterocycles. The lowest BCUT2D eigenvalue weighted by molar-refractivity contribution is -0.141. The van der Waals surface area contributed by atoms with Crippen LogP contribution in [-0.4, -0.2) is 11.9 Å². The van der Waals surface area contributed by atoms with Gasteiger partial charge in [0, 0.05) is 5.02 Å². The zero-order chi connectivity index (χ0) is 16.4. The summed E-state index contributed by atoms with van der Waals surface area (Å²) >= 11 is 11.9. The van der Waals surface area contributed by atoms with Crippen LogP contribution in [0.2, 0.25) is 10.0 Å². The minimum Gasteiger partial charge on any atom is -0.457 e. The summed E-state index contributed by atoms with van der Waals surface area (Å²) in [5.41, 5.74) is 1.24. The lowest BCUT2D eigenvalue weighted by atomic mass is 9.94. The molecule has 2 aromatic carbocycles. The summed E-state index contributed by atoms with van der Waals surface area (Å²) in [6.07, 6.45) is -0.550. The van der Waals surface area contributed by atoms with Gasteiger partial charge in [0.2, 0.25) is 5.91 Å². The van der Waals surface area contributed by atoms with Crippen LogP contribution in [0.1, 0.15) is 18.1 Å². The number of rotatable bonds is 3. The Balaban J connectivity index is 1.81. The van der Waals surface area contributed by atoms with Crippen LogP contribution >= 0.6 is 23.2 Å². The smallest absolute Gasteiger partial charge is 0.307 e. The van der Waals surface area contributed by atoms with Gasteiger partial charge in [0.05, 0.1) is 23.0 Å². The van der Waals surface area contributed by atoms with Crippen LogP contribution in [0.3, 0.4) is 0 Å². The number of hydrogen-bond donors (Lipinski definition) is 1. The maximum Gasteiger partial charge on any atom is 0.307 e. The standard InChI is InChI=1S/C17H13Cl2NO3/c18-11-6-7-14(13(19)8-11)20-17(22)12-9-15(21)23-16(12)10-4-2-1-3-5-10/h1-8,12,16H,9H2,(H,20,22). The fourth-order valence-electron chi connectivity index (χ4n) is 2.55. The molecule has 0 spiro atoms. The van der Waals surface area contributed by atoms with E-state index in [9.17, 15) is 9.59 Å². The van der Waals surface area contributed by atoms with E-state index >= 15 is 0 Å². The monoisotopic (exact) mass is 349 g/mol. The summed E-state index contributed by atoms with van der Waals surface area (Å²) in [6, 6.07) is 14.0. The normalized spacial score (nSPS) is 20.2. The summed E-state index contributed by atoms with van der Waals surface area (Å²) in [4.78, 5) is 24.2. The van der Waals surface area contributed by atoms with Gasteiger partial charge in [-0.1, -0.05) is 53.5 Å². The number of esters is 1. The third-order valence-corrected chi connectivity index (χ3v) is 4.21. The number of cyclic esters (lactones) is 1. The van der Waals surface area contributed by atoms with E-state index in [1.807, 2.05) is 30.3 Å². The van der Waals surface area contributed by atoms with Crippen molar-refractivity contribution in [2.75, 3.05) is 5.32 Å². The number of benzene rings is 2. The Hall–Kier alpha value is -2.04. The van der Waals surface area contributed by atoms with Gasteiger partial charge in [0.25, 0.3) is 0 Å². The summed E-state index contributed by atoms with van der Waals surface area (Å²) < 4.78 is 5.31. The van der Waals surface area contributed by atoms with Crippen molar-refractivity contribution in [2.45, 2.75) is 12.5 Å². The second kappa shape index (κ2) is 6.60. The van der Waals surface area contributed by atoms with Crippen molar-refractivity contribution in [1.82, 2.24) is 0 Å². The van der Waals surface area contributed by atoms with Crippen molar-refractivity contribution in [2.24, 2.45) is 5.92 Å². The fourth-order valence-corrected chi connectivity index (χ4v) is 3.00. The third kappa shape index (κ3) is 3.49. The maximum atomic E-state index is 12.5. The minimum atomic E-state index is -0.600. The average molecular weight is 350 g/mol. The summed E-state index contributed by atoms with van der Waals surface area (Å²) in [7, 11) is 0. The number of carbonyl (C=O) groups excluding carboxylic acids is 2. The molecule has 2 unspecified atom stereocenters. The molecule has 2 aromatic rings. The van der Waals surface area contributed by atoms with Crippen LogP contribution in [0.4, 0.5) is 5.69 Å². The lowest BCUT2D eigenvalue weighted by Crippen LogP contribution is -2.25. The van der Waals surface area contributed by atoms with E-state index in [0.717, 1.165) is 5.56 Å². The maximum absolute atomic E-state index is 12.5. The van der Waals surface area contributed by atoms with Gasteiger partial charge in [-0.2, -0.15) is 0 Å². The van der Waals surface area contributed by atoms with Crippen LogP contribution in [0.15, 0.2) is 48.5 Å². The minimum absolute atomic E-state index is 0.0383. The molecule has 0 radical (unpaired) electrons. The van der Waals surface area contributed by atoms with Crippen molar-refractivity contribution < 1.29 is 14.3 Å². The molecular weight excluding hydrogens is 337 g/mol. The molecule has 1 saturated heterocycles. The van der Waals surface area contributed by atoms with E-state index in [1.165, 1.54) is 0 Å². The molecule has 2 atom stereocenters. The van der Waals surface area contributed by atoms with Gasteiger partial charge >= 0.3 is 5.97 Å². The molecule has 4 nitrogen and oxygen atoms in total. The largest absolute Gasteiger partial charge is 0.457 e. The van der Waals surface area contributed by atoms with E-state index in [0.29, 0.717) is 15.7 Å². The topological polar surface area (TPSA) is 55.4 Å².